The Bertz CT molecular complexity index is 2700. The lowest BCUT2D eigenvalue weighted by Gasteiger charge is -2.51. The molecule has 1 amide bonds. The predicted molar refractivity (Wildman–Crippen MR) is 236 cm³/mol. The summed E-state index contributed by atoms with van der Waals surface area (Å²) >= 11 is 7.89. The van der Waals surface area contributed by atoms with Crippen molar-refractivity contribution in [2.45, 2.75) is 103 Å². The molecule has 17 heteroatoms. The summed E-state index contributed by atoms with van der Waals surface area (Å²) in [6, 6.07) is 14.6. The van der Waals surface area contributed by atoms with E-state index < -0.39 is 0 Å². The summed E-state index contributed by atoms with van der Waals surface area (Å²) in [5.41, 5.74) is 4.98. The molecule has 6 aromatic rings. The fourth-order valence-corrected chi connectivity index (χ4v) is 10.9. The molecule has 1 N–H and O–H groups in total. The second kappa shape index (κ2) is 16.8. The minimum absolute atomic E-state index is 0.0264. The van der Waals surface area contributed by atoms with E-state index in [2.05, 4.69) is 66.1 Å². The van der Waals surface area contributed by atoms with Gasteiger partial charge in [-0.3, -0.25) is 14.4 Å². The third-order valence-corrected chi connectivity index (χ3v) is 14.6. The fourth-order valence-electron chi connectivity index (χ4n) is 9.46. The molecule has 0 unspecified atom stereocenters. The minimum Gasteiger partial charge on any atom is -0.490 e. The lowest BCUT2D eigenvalue weighted by Crippen LogP contribution is -2.51. The molecule has 7 heterocycles. The summed E-state index contributed by atoms with van der Waals surface area (Å²) in [5, 5.41) is 31.5. The van der Waals surface area contributed by atoms with Gasteiger partial charge in [-0.2, -0.15) is 5.26 Å². The molecule has 1 spiro atoms. The van der Waals surface area contributed by atoms with Crippen LogP contribution in [0.3, 0.4) is 0 Å². The van der Waals surface area contributed by atoms with E-state index in [-0.39, 0.29) is 35.6 Å². The molecule has 1 aromatic carbocycles. The standard InChI is InChI=1S/C46H46ClN11O4S/c1-26-27(2)63-45-41(26)42(52-37(21-40-49-16-19-60-40)43-56-53-28(3)58(43)45)30-5-13-39(50-25-30)62-34-22-46(23-34)14-17-57(18-15-46)38-12-11-36(54-55-38)44(59)51-31-6-9-32(10-7-31)61-33-8-4-29(24-48)35(47)20-33/h4-5,8,11-13,16,19-20,25,31-32,34,37H,6-7,9-10,14-15,17-18,21-23H2,1-3H3,(H,51,59)/t31?,32?,37-/m0/s1. The SMILES string of the molecule is Cc1sc2c(c1C)C(c1ccc(OC3CC4(CCN(c5ccc(C(=O)NC6CCC(Oc7ccc(C#N)c(Cl)c7)CC6)nn5)CC4)C3)nc1)=N[C@@H](Cc1ncco1)c1nnc(C)n1-2. The van der Waals surface area contributed by atoms with Crippen molar-refractivity contribution in [2.75, 3.05) is 18.0 Å². The monoisotopic (exact) mass is 883 g/mol. The van der Waals surface area contributed by atoms with Crippen LogP contribution < -0.4 is 19.7 Å². The highest BCUT2D eigenvalue weighted by atomic mass is 35.5. The summed E-state index contributed by atoms with van der Waals surface area (Å²) in [6.45, 7) is 8.00. The molecular weight excluding hydrogens is 838 g/mol. The molecule has 15 nitrogen and oxygen atoms in total. The number of aliphatic imine (C=N–C) groups is 1. The molecule has 10 rings (SSSR count). The van der Waals surface area contributed by atoms with Gasteiger partial charge in [-0.1, -0.05) is 11.6 Å². The predicted octanol–water partition coefficient (Wildman–Crippen LogP) is 8.03. The van der Waals surface area contributed by atoms with E-state index in [1.54, 1.807) is 48.1 Å². The second-order valence-electron chi connectivity index (χ2n) is 17.1. The van der Waals surface area contributed by atoms with Crippen LogP contribution in [0.5, 0.6) is 11.6 Å². The maximum Gasteiger partial charge on any atom is 0.272 e. The van der Waals surface area contributed by atoms with Gasteiger partial charge in [0.1, 0.15) is 41.1 Å². The largest absolute Gasteiger partial charge is 0.490 e. The van der Waals surface area contributed by atoms with Crippen molar-refractivity contribution in [1.29, 1.82) is 5.26 Å². The molecule has 1 atom stereocenters. The van der Waals surface area contributed by atoms with Gasteiger partial charge in [0.25, 0.3) is 5.91 Å². The molecule has 0 bridgehead atoms. The first-order valence-corrected chi connectivity index (χ1v) is 22.7. The topological polar surface area (TPSA) is 182 Å². The van der Waals surface area contributed by atoms with Crippen LogP contribution >= 0.6 is 22.9 Å². The van der Waals surface area contributed by atoms with Crippen LogP contribution in [0.4, 0.5) is 5.82 Å². The highest BCUT2D eigenvalue weighted by Gasteiger charge is 2.47. The Kier molecular flexibility index (Phi) is 10.9. The van der Waals surface area contributed by atoms with Crippen LogP contribution in [-0.4, -0.2) is 77.9 Å². The number of anilines is 1. The number of nitriles is 1. The average Bonchev–Trinajstić information content (AvgIpc) is 3.99. The van der Waals surface area contributed by atoms with Gasteiger partial charge in [-0.25, -0.2) is 9.97 Å². The molecule has 5 aromatic heterocycles. The van der Waals surface area contributed by atoms with Gasteiger partial charge in [0.15, 0.2) is 23.2 Å². The van der Waals surface area contributed by atoms with Crippen LogP contribution in [-0.2, 0) is 6.42 Å². The van der Waals surface area contributed by atoms with Crippen molar-refractivity contribution in [2.24, 2.45) is 10.4 Å². The number of hydrogen-bond acceptors (Lipinski definition) is 14. The third-order valence-electron chi connectivity index (χ3n) is 13.1. The minimum atomic E-state index is -0.349. The summed E-state index contributed by atoms with van der Waals surface area (Å²) in [5.74, 6) is 4.00. The number of nitrogens with zero attached hydrogens (tertiary/aromatic N) is 10. The number of aryl methyl sites for hydroxylation is 2. The van der Waals surface area contributed by atoms with E-state index in [0.717, 1.165) is 104 Å². The van der Waals surface area contributed by atoms with Crippen molar-refractivity contribution < 1.29 is 18.7 Å². The molecule has 1 saturated heterocycles. The molecule has 2 aliphatic heterocycles. The van der Waals surface area contributed by atoms with Gasteiger partial charge in [-0.15, -0.1) is 31.7 Å². The van der Waals surface area contributed by atoms with Crippen LogP contribution in [0.15, 0.2) is 70.5 Å². The highest BCUT2D eigenvalue weighted by molar-refractivity contribution is 7.15. The first kappa shape index (κ1) is 40.9. The van der Waals surface area contributed by atoms with E-state index in [1.807, 2.05) is 25.3 Å². The normalized spacial score (nSPS) is 20.5. The maximum absolute atomic E-state index is 13.1. The molecule has 322 valence electrons. The number of thiophene rings is 1. The van der Waals surface area contributed by atoms with Crippen molar-refractivity contribution in [3.05, 3.63) is 117 Å². The zero-order valence-electron chi connectivity index (χ0n) is 35.3. The average molecular weight is 884 g/mol. The highest BCUT2D eigenvalue weighted by Crippen LogP contribution is 2.50. The number of carbonyl (C=O) groups is 1. The number of oxazole rings is 1. The van der Waals surface area contributed by atoms with Gasteiger partial charge in [0.05, 0.1) is 35.0 Å². The van der Waals surface area contributed by atoms with Crippen molar-refractivity contribution in [1.82, 2.24) is 40.2 Å². The van der Waals surface area contributed by atoms with E-state index >= 15 is 0 Å². The van der Waals surface area contributed by atoms with E-state index in [4.69, 9.17) is 40.7 Å². The Balaban J connectivity index is 0.712. The lowest BCUT2D eigenvalue weighted by molar-refractivity contribution is -0.0332. The lowest BCUT2D eigenvalue weighted by atomic mass is 9.61. The number of pyridine rings is 1. The number of ether oxygens (including phenoxy) is 2. The number of amides is 1. The van der Waals surface area contributed by atoms with Crippen molar-refractivity contribution in [3.63, 3.8) is 0 Å². The van der Waals surface area contributed by atoms with E-state index in [1.165, 1.54) is 10.4 Å². The smallest absolute Gasteiger partial charge is 0.272 e. The van der Waals surface area contributed by atoms with Gasteiger partial charge < -0.3 is 24.1 Å². The number of carbonyl (C=O) groups excluding carboxylic acids is 1. The number of fused-ring (bicyclic) bond motifs is 3. The van der Waals surface area contributed by atoms with Gasteiger partial charge in [0.2, 0.25) is 5.88 Å². The van der Waals surface area contributed by atoms with Crippen molar-refractivity contribution >= 4 is 40.4 Å². The Morgan fingerprint density at radius 1 is 0.984 bits per heavy atom. The van der Waals surface area contributed by atoms with E-state index in [0.29, 0.717) is 40.2 Å². The zero-order chi connectivity index (χ0) is 43.2. The number of rotatable bonds is 10. The summed E-state index contributed by atoms with van der Waals surface area (Å²) in [6.07, 6.45) is 12.9. The summed E-state index contributed by atoms with van der Waals surface area (Å²) < 4.78 is 20.3. The van der Waals surface area contributed by atoms with Gasteiger partial charge in [-0.05, 0) is 113 Å². The Morgan fingerprint density at radius 2 is 1.81 bits per heavy atom. The Labute approximate surface area is 373 Å². The number of piperidine rings is 1. The molecule has 63 heavy (non-hydrogen) atoms. The van der Waals surface area contributed by atoms with E-state index in [9.17, 15) is 4.79 Å². The summed E-state index contributed by atoms with van der Waals surface area (Å²) in [7, 11) is 0. The third kappa shape index (κ3) is 8.15. The molecular formula is C46H46ClN11O4S. The fraction of sp³-hybridized carbons (Fsp3) is 0.413. The molecule has 4 aliphatic rings. The number of benzene rings is 1. The first-order valence-electron chi connectivity index (χ1n) is 21.5. The van der Waals surface area contributed by atoms with Crippen LogP contribution in [0, 0.1) is 37.5 Å². The molecule has 0 radical (unpaired) electrons. The molecule has 2 aliphatic carbocycles. The van der Waals surface area contributed by atoms with Crippen LogP contribution in [0.2, 0.25) is 5.02 Å². The molecule has 2 saturated carbocycles. The second-order valence-corrected chi connectivity index (χ2v) is 18.8. The first-order chi connectivity index (χ1) is 30.6. The summed E-state index contributed by atoms with van der Waals surface area (Å²) in [4.78, 5) is 31.1. The Morgan fingerprint density at radius 3 is 2.51 bits per heavy atom. The Hall–Kier alpha value is -6.18. The van der Waals surface area contributed by atoms with Crippen LogP contribution in [0.25, 0.3) is 5.00 Å². The molecule has 3 fully saturated rings. The number of halogens is 1. The van der Waals surface area contributed by atoms with Gasteiger partial charge in [0, 0.05) is 53.5 Å². The quantitative estimate of drug-likeness (QED) is 0.140. The maximum atomic E-state index is 13.1. The number of hydrogen-bond donors (Lipinski definition) is 1. The van der Waals surface area contributed by atoms with Crippen LogP contribution in [0.1, 0.15) is 113 Å². The number of nitrogens with one attached hydrogen (secondary N) is 1. The van der Waals surface area contributed by atoms with Crippen molar-refractivity contribution in [3.8, 4) is 22.7 Å². The van der Waals surface area contributed by atoms with Gasteiger partial charge >= 0.3 is 0 Å². The zero-order valence-corrected chi connectivity index (χ0v) is 36.8. The number of aromatic nitrogens is 7.